The molecular weight excluding hydrogens is 296 g/mol. The highest BCUT2D eigenvalue weighted by Crippen LogP contribution is 2.40. The molecule has 0 heterocycles. The van der Waals surface area contributed by atoms with Gasteiger partial charge in [-0.25, -0.2) is 0 Å². The Balaban J connectivity index is 2.66. The van der Waals surface area contributed by atoms with Crippen molar-refractivity contribution in [3.63, 3.8) is 0 Å². The fraction of sp³-hybridized carbons (Fsp3) is 0.619. The first kappa shape index (κ1) is 20.0. The Morgan fingerprint density at radius 2 is 1.43 bits per heavy atom. The molecule has 1 rings (SSSR count). The minimum absolute atomic E-state index is 0.319. The topological polar surface area (TPSA) is 20.2 Å². The van der Waals surface area contributed by atoms with Gasteiger partial charge < -0.3 is 5.11 Å². The van der Waals surface area contributed by atoms with E-state index in [1.165, 1.54) is 5.56 Å². The lowest BCUT2D eigenvalue weighted by molar-refractivity contribution is 0.170. The highest BCUT2D eigenvalue weighted by atomic mass is 28.3. The van der Waals surface area contributed by atoms with E-state index in [0.717, 1.165) is 12.8 Å². The first-order valence-corrected chi connectivity index (χ1v) is 11.3. The Bertz CT molecular complexity index is 486. The molecule has 0 aromatic heterocycles. The highest BCUT2D eigenvalue weighted by molar-refractivity contribution is 6.90. The van der Waals surface area contributed by atoms with E-state index in [4.69, 9.17) is 0 Å². The molecule has 2 heteroatoms. The van der Waals surface area contributed by atoms with Crippen molar-refractivity contribution in [1.29, 1.82) is 0 Å². The molecule has 1 nitrogen and oxygen atoms in total. The van der Waals surface area contributed by atoms with Crippen LogP contribution in [-0.2, 0) is 6.42 Å². The summed E-state index contributed by atoms with van der Waals surface area (Å²) in [6.07, 6.45) is 2.00. The molecule has 0 aliphatic rings. The lowest BCUT2D eigenvalue weighted by Gasteiger charge is -2.38. The third-order valence-corrected chi connectivity index (χ3v) is 11.5. The van der Waals surface area contributed by atoms with Crippen molar-refractivity contribution >= 4 is 8.07 Å². The van der Waals surface area contributed by atoms with Gasteiger partial charge in [-0.05, 0) is 35.0 Å². The van der Waals surface area contributed by atoms with Gasteiger partial charge in [-0.15, -0.1) is 11.5 Å². The average Bonchev–Trinajstić information content (AvgIpc) is 2.49. The molecule has 1 N–H and O–H groups in total. The van der Waals surface area contributed by atoms with Crippen molar-refractivity contribution in [2.45, 2.75) is 83.5 Å². The quantitative estimate of drug-likeness (QED) is 0.510. The molecule has 1 aromatic carbocycles. The molecule has 0 bridgehead atoms. The molecule has 0 spiro atoms. The number of aliphatic hydroxyl groups is 1. The molecule has 0 fully saturated rings. The van der Waals surface area contributed by atoms with E-state index in [0.29, 0.717) is 23.0 Å². The monoisotopic (exact) mass is 330 g/mol. The van der Waals surface area contributed by atoms with E-state index < -0.39 is 8.07 Å². The number of aliphatic hydroxyl groups excluding tert-OH is 1. The molecule has 1 unspecified atom stereocenters. The molecule has 0 radical (unpaired) electrons. The van der Waals surface area contributed by atoms with Crippen molar-refractivity contribution in [3.8, 4) is 11.5 Å². The van der Waals surface area contributed by atoms with Crippen molar-refractivity contribution in [2.75, 3.05) is 0 Å². The van der Waals surface area contributed by atoms with Crippen molar-refractivity contribution in [2.24, 2.45) is 0 Å². The van der Waals surface area contributed by atoms with E-state index in [9.17, 15) is 5.11 Å². The van der Waals surface area contributed by atoms with E-state index in [2.05, 4.69) is 77.3 Å². The second-order valence-corrected chi connectivity index (χ2v) is 13.2. The van der Waals surface area contributed by atoms with Crippen molar-refractivity contribution in [3.05, 3.63) is 35.9 Å². The van der Waals surface area contributed by atoms with Crippen LogP contribution in [0.15, 0.2) is 30.3 Å². The van der Waals surface area contributed by atoms with Crippen LogP contribution < -0.4 is 0 Å². The molecule has 0 saturated heterocycles. The summed E-state index contributed by atoms with van der Waals surface area (Å²) in [6, 6.07) is 10.4. The van der Waals surface area contributed by atoms with E-state index in [1.54, 1.807) is 0 Å². The summed E-state index contributed by atoms with van der Waals surface area (Å²) in [6.45, 7) is 14.0. The van der Waals surface area contributed by atoms with E-state index in [1.807, 2.05) is 6.07 Å². The first-order valence-electron chi connectivity index (χ1n) is 9.02. The fourth-order valence-electron chi connectivity index (χ4n) is 3.83. The van der Waals surface area contributed by atoms with Gasteiger partial charge in [-0.1, -0.05) is 71.9 Å². The fourth-order valence-corrected chi connectivity index (χ4v) is 9.11. The Labute approximate surface area is 144 Å². The van der Waals surface area contributed by atoms with Gasteiger partial charge in [-0.2, -0.15) is 0 Å². The Kier molecular flexibility index (Phi) is 8.09. The third-order valence-electron chi connectivity index (χ3n) is 5.12. The van der Waals surface area contributed by atoms with Crippen LogP contribution >= 0.6 is 0 Å². The number of hydrogen-bond acceptors (Lipinski definition) is 1. The van der Waals surface area contributed by atoms with Crippen LogP contribution in [-0.4, -0.2) is 19.3 Å². The summed E-state index contributed by atoms with van der Waals surface area (Å²) in [5.41, 5.74) is 6.92. The van der Waals surface area contributed by atoms with Gasteiger partial charge in [0.2, 0.25) is 0 Å². The molecule has 1 aromatic rings. The van der Waals surface area contributed by atoms with Gasteiger partial charge in [-0.3, -0.25) is 0 Å². The maximum Gasteiger partial charge on any atom is 0.145 e. The average molecular weight is 331 g/mol. The Morgan fingerprint density at radius 3 is 1.91 bits per heavy atom. The Hall–Kier alpha value is -1.04. The third kappa shape index (κ3) is 5.51. The normalized spacial score (nSPS) is 13.3. The van der Waals surface area contributed by atoms with Crippen LogP contribution in [0.1, 0.15) is 59.9 Å². The Morgan fingerprint density at radius 1 is 0.913 bits per heavy atom. The van der Waals surface area contributed by atoms with Crippen LogP contribution in [0, 0.1) is 11.5 Å². The summed E-state index contributed by atoms with van der Waals surface area (Å²) in [4.78, 5) is 0. The molecule has 1 atom stereocenters. The smallest absolute Gasteiger partial charge is 0.145 e. The summed E-state index contributed by atoms with van der Waals surface area (Å²) < 4.78 is 0. The van der Waals surface area contributed by atoms with Gasteiger partial charge >= 0.3 is 0 Å². The zero-order valence-corrected chi connectivity index (χ0v) is 16.8. The molecule has 0 amide bonds. The second kappa shape index (κ2) is 9.30. The standard InChI is InChI=1S/C21H34OSi/c1-17(2)23(18(3)4,19(5)6)16-10-13-21(22)15-14-20-11-8-7-9-12-20/h7-9,11-12,17-19,21-22H,13-15H2,1-6H3. The minimum Gasteiger partial charge on any atom is -0.392 e. The lowest BCUT2D eigenvalue weighted by atomic mass is 10.1. The van der Waals surface area contributed by atoms with Crippen LogP contribution in [0.4, 0.5) is 0 Å². The van der Waals surface area contributed by atoms with Crippen molar-refractivity contribution in [1.82, 2.24) is 0 Å². The largest absolute Gasteiger partial charge is 0.392 e. The number of hydrogen-bond donors (Lipinski definition) is 1. The predicted molar refractivity (Wildman–Crippen MR) is 104 cm³/mol. The molecule has 128 valence electrons. The number of benzene rings is 1. The minimum atomic E-state index is -1.65. The zero-order valence-electron chi connectivity index (χ0n) is 15.8. The summed E-state index contributed by atoms with van der Waals surface area (Å²) in [5.74, 6) is 3.37. The van der Waals surface area contributed by atoms with Crippen molar-refractivity contribution < 1.29 is 5.11 Å². The van der Waals surface area contributed by atoms with E-state index in [-0.39, 0.29) is 6.10 Å². The number of aryl methyl sites for hydroxylation is 1. The van der Waals surface area contributed by atoms with Crippen LogP contribution in [0.2, 0.25) is 16.6 Å². The maximum atomic E-state index is 10.2. The first-order chi connectivity index (χ1) is 10.8. The maximum absolute atomic E-state index is 10.2. The van der Waals surface area contributed by atoms with Gasteiger partial charge in [0.05, 0.1) is 6.10 Å². The van der Waals surface area contributed by atoms with Crippen LogP contribution in [0.25, 0.3) is 0 Å². The molecule has 23 heavy (non-hydrogen) atoms. The molecule has 0 aliphatic heterocycles. The van der Waals surface area contributed by atoms with Crippen LogP contribution in [0.3, 0.4) is 0 Å². The molecule has 0 saturated carbocycles. The van der Waals surface area contributed by atoms with Gasteiger partial charge in [0.15, 0.2) is 0 Å². The summed E-state index contributed by atoms with van der Waals surface area (Å²) >= 11 is 0. The van der Waals surface area contributed by atoms with Gasteiger partial charge in [0, 0.05) is 6.42 Å². The SMILES string of the molecule is CC(C)[Si](C#CCC(O)CCc1ccccc1)(C(C)C)C(C)C. The van der Waals surface area contributed by atoms with Crippen LogP contribution in [0.5, 0.6) is 0 Å². The lowest BCUT2D eigenvalue weighted by Crippen LogP contribution is -2.43. The highest BCUT2D eigenvalue weighted by Gasteiger charge is 2.41. The number of rotatable bonds is 7. The van der Waals surface area contributed by atoms with Gasteiger partial charge in [0.1, 0.15) is 8.07 Å². The van der Waals surface area contributed by atoms with Gasteiger partial charge in [0.25, 0.3) is 0 Å². The summed E-state index contributed by atoms with van der Waals surface area (Å²) in [7, 11) is -1.65. The van der Waals surface area contributed by atoms with E-state index >= 15 is 0 Å². The molecule has 0 aliphatic carbocycles. The summed E-state index contributed by atoms with van der Waals surface area (Å²) in [5, 5.41) is 10.2. The zero-order chi connectivity index (χ0) is 17.5. The second-order valence-electron chi connectivity index (χ2n) is 7.58. The predicted octanol–water partition coefficient (Wildman–Crippen LogP) is 5.59. The molecular formula is C21H34OSi.